The zero-order chi connectivity index (χ0) is 22.5. The monoisotopic (exact) mass is 454 g/mol. The Hall–Kier alpha value is -3.07. The minimum Gasteiger partial charge on any atom is -0.456 e. The molecule has 0 aliphatic heterocycles. The van der Waals surface area contributed by atoms with Gasteiger partial charge >= 0.3 is 5.97 Å². The Morgan fingerprint density at radius 3 is 2.66 bits per heavy atom. The number of esters is 1. The topological polar surface area (TPSA) is 103 Å². The SMILES string of the molecule is CCCC(=O)Nc1ccc(C(=O)OCc2cc(=O)n3nc(C4CCCCC4)sc3n2)cc1. The fourth-order valence-electron chi connectivity index (χ4n) is 3.82. The van der Waals surface area contributed by atoms with Crippen LogP contribution in [0.25, 0.3) is 4.96 Å². The van der Waals surface area contributed by atoms with Crippen molar-refractivity contribution in [1.29, 1.82) is 0 Å². The number of carbonyl (C=O) groups excluding carboxylic acids is 2. The summed E-state index contributed by atoms with van der Waals surface area (Å²) in [6.07, 6.45) is 7.05. The van der Waals surface area contributed by atoms with E-state index in [1.54, 1.807) is 24.3 Å². The van der Waals surface area contributed by atoms with Crippen molar-refractivity contribution in [3.05, 3.63) is 57.0 Å². The lowest BCUT2D eigenvalue weighted by Gasteiger charge is -2.18. The molecule has 3 aromatic rings. The second-order valence-electron chi connectivity index (χ2n) is 8.01. The maximum atomic E-state index is 12.5. The van der Waals surface area contributed by atoms with Crippen LogP contribution < -0.4 is 10.9 Å². The van der Waals surface area contributed by atoms with E-state index in [1.807, 2.05) is 6.92 Å². The molecule has 1 aliphatic rings. The molecule has 2 aromatic heterocycles. The van der Waals surface area contributed by atoms with Crippen molar-refractivity contribution in [3.8, 4) is 0 Å². The van der Waals surface area contributed by atoms with Crippen molar-refractivity contribution < 1.29 is 14.3 Å². The number of hydrogen-bond acceptors (Lipinski definition) is 7. The molecule has 0 atom stereocenters. The molecule has 0 saturated heterocycles. The van der Waals surface area contributed by atoms with Gasteiger partial charge < -0.3 is 10.1 Å². The van der Waals surface area contributed by atoms with Gasteiger partial charge in [-0.1, -0.05) is 37.5 Å². The van der Waals surface area contributed by atoms with Crippen LogP contribution in [0.5, 0.6) is 0 Å². The third-order valence-corrected chi connectivity index (χ3v) is 6.57. The number of aromatic nitrogens is 3. The minimum absolute atomic E-state index is 0.0645. The molecule has 4 rings (SSSR count). The summed E-state index contributed by atoms with van der Waals surface area (Å²) in [5.41, 5.74) is 1.10. The van der Waals surface area contributed by atoms with Gasteiger partial charge in [-0.25, -0.2) is 9.78 Å². The molecular weight excluding hydrogens is 428 g/mol. The first-order chi connectivity index (χ1) is 15.5. The lowest BCUT2D eigenvalue weighted by Crippen LogP contribution is -2.17. The van der Waals surface area contributed by atoms with Crippen molar-refractivity contribution in [1.82, 2.24) is 14.6 Å². The molecular formula is C23H26N4O4S. The highest BCUT2D eigenvalue weighted by atomic mass is 32.1. The summed E-state index contributed by atoms with van der Waals surface area (Å²) in [6, 6.07) is 7.86. The van der Waals surface area contributed by atoms with E-state index in [1.165, 1.54) is 41.2 Å². The molecule has 2 heterocycles. The first-order valence-corrected chi connectivity index (χ1v) is 11.8. The zero-order valence-corrected chi connectivity index (χ0v) is 18.8. The van der Waals surface area contributed by atoms with E-state index >= 15 is 0 Å². The van der Waals surface area contributed by atoms with Gasteiger partial charge in [0.1, 0.15) is 11.6 Å². The Kier molecular flexibility index (Phi) is 6.94. The molecule has 0 bridgehead atoms. The first-order valence-electron chi connectivity index (χ1n) is 11.0. The number of rotatable bonds is 7. The molecule has 1 N–H and O–H groups in total. The molecule has 0 spiro atoms. The van der Waals surface area contributed by atoms with Crippen molar-refractivity contribution >= 4 is 33.9 Å². The number of carbonyl (C=O) groups is 2. The van der Waals surface area contributed by atoms with Crippen molar-refractivity contribution in [2.24, 2.45) is 0 Å². The van der Waals surface area contributed by atoms with E-state index < -0.39 is 5.97 Å². The molecule has 168 valence electrons. The minimum atomic E-state index is -0.523. The Bertz CT molecular complexity index is 1160. The molecule has 0 radical (unpaired) electrons. The maximum Gasteiger partial charge on any atom is 0.338 e. The molecule has 1 fully saturated rings. The van der Waals surface area contributed by atoms with Crippen LogP contribution in [-0.2, 0) is 16.1 Å². The van der Waals surface area contributed by atoms with E-state index in [9.17, 15) is 14.4 Å². The van der Waals surface area contributed by atoms with Crippen LogP contribution in [-0.4, -0.2) is 26.5 Å². The fourth-order valence-corrected chi connectivity index (χ4v) is 4.91. The standard InChI is InChI=1S/C23H26N4O4S/c1-2-6-19(28)24-17-11-9-16(10-12-17)22(30)31-14-18-13-20(29)27-23(25-18)32-21(26-27)15-7-4-3-5-8-15/h9-13,15H,2-8,14H2,1H3,(H,24,28). The number of hydrogen-bond donors (Lipinski definition) is 1. The van der Waals surface area contributed by atoms with Crippen LogP contribution in [0, 0.1) is 0 Å². The Morgan fingerprint density at radius 2 is 1.94 bits per heavy atom. The Morgan fingerprint density at radius 1 is 1.19 bits per heavy atom. The van der Waals surface area contributed by atoms with E-state index in [2.05, 4.69) is 15.4 Å². The second kappa shape index (κ2) is 10.0. The van der Waals surface area contributed by atoms with Crippen molar-refractivity contribution in [2.75, 3.05) is 5.32 Å². The summed E-state index contributed by atoms with van der Waals surface area (Å²) in [4.78, 5) is 41.5. The normalized spacial score (nSPS) is 14.4. The summed E-state index contributed by atoms with van der Waals surface area (Å²) in [5.74, 6) is -0.193. The zero-order valence-electron chi connectivity index (χ0n) is 18.0. The lowest BCUT2D eigenvalue weighted by atomic mass is 9.90. The smallest absolute Gasteiger partial charge is 0.338 e. The summed E-state index contributed by atoms with van der Waals surface area (Å²) in [5, 5.41) is 8.21. The van der Waals surface area contributed by atoms with Gasteiger partial charge in [-0.3, -0.25) is 9.59 Å². The predicted octanol–water partition coefficient (Wildman–Crippen LogP) is 4.29. The number of benzene rings is 1. The second-order valence-corrected chi connectivity index (χ2v) is 8.99. The first kappa shape index (κ1) is 22.1. The van der Waals surface area contributed by atoms with Crippen LogP contribution in [0.3, 0.4) is 0 Å². The molecule has 9 heteroatoms. The average molecular weight is 455 g/mol. The van der Waals surface area contributed by atoms with Crippen molar-refractivity contribution in [3.63, 3.8) is 0 Å². The van der Waals surface area contributed by atoms with Gasteiger partial charge in [0.15, 0.2) is 0 Å². The average Bonchev–Trinajstić information content (AvgIpc) is 3.24. The highest BCUT2D eigenvalue weighted by Gasteiger charge is 2.21. The largest absolute Gasteiger partial charge is 0.456 e. The molecule has 8 nitrogen and oxygen atoms in total. The molecule has 1 amide bonds. The highest BCUT2D eigenvalue weighted by Crippen LogP contribution is 2.34. The van der Waals surface area contributed by atoms with Crippen LogP contribution >= 0.6 is 11.3 Å². The van der Waals surface area contributed by atoms with E-state index in [0.717, 1.165) is 24.3 Å². The number of fused-ring (bicyclic) bond motifs is 1. The van der Waals surface area contributed by atoms with Crippen LogP contribution in [0.1, 0.15) is 78.8 Å². The summed E-state index contributed by atoms with van der Waals surface area (Å²) in [7, 11) is 0. The lowest BCUT2D eigenvalue weighted by molar-refractivity contribution is -0.116. The number of nitrogens with one attached hydrogen (secondary N) is 1. The molecule has 1 saturated carbocycles. The third-order valence-electron chi connectivity index (χ3n) is 5.50. The van der Waals surface area contributed by atoms with Gasteiger partial charge in [-0.05, 0) is 43.5 Å². The van der Waals surface area contributed by atoms with Gasteiger partial charge in [0.05, 0.1) is 11.3 Å². The number of anilines is 1. The summed E-state index contributed by atoms with van der Waals surface area (Å²) in [6.45, 7) is 1.83. The van der Waals surface area contributed by atoms with Crippen LogP contribution in [0.2, 0.25) is 0 Å². The van der Waals surface area contributed by atoms with Crippen LogP contribution in [0.4, 0.5) is 5.69 Å². The Labute approximate surface area is 189 Å². The molecule has 32 heavy (non-hydrogen) atoms. The number of amides is 1. The summed E-state index contributed by atoms with van der Waals surface area (Å²) < 4.78 is 6.69. The third kappa shape index (κ3) is 5.21. The van der Waals surface area contributed by atoms with E-state index in [4.69, 9.17) is 4.74 Å². The van der Waals surface area contributed by atoms with Gasteiger partial charge in [0.2, 0.25) is 10.9 Å². The molecule has 0 unspecified atom stereocenters. The van der Waals surface area contributed by atoms with E-state index in [-0.39, 0.29) is 18.1 Å². The van der Waals surface area contributed by atoms with Gasteiger partial charge in [-0.15, -0.1) is 0 Å². The number of ether oxygens (including phenoxy) is 1. The van der Waals surface area contributed by atoms with Gasteiger partial charge in [-0.2, -0.15) is 9.61 Å². The number of nitrogens with zero attached hydrogens (tertiary/aromatic N) is 3. The van der Waals surface area contributed by atoms with Gasteiger partial charge in [0, 0.05) is 24.1 Å². The van der Waals surface area contributed by atoms with Crippen molar-refractivity contribution in [2.45, 2.75) is 64.4 Å². The van der Waals surface area contributed by atoms with Gasteiger partial charge in [0.25, 0.3) is 5.56 Å². The molecule has 1 aliphatic carbocycles. The predicted molar refractivity (Wildman–Crippen MR) is 122 cm³/mol. The van der Waals surface area contributed by atoms with E-state index in [0.29, 0.717) is 34.2 Å². The fraction of sp³-hybridized carbons (Fsp3) is 0.435. The maximum absolute atomic E-state index is 12.5. The highest BCUT2D eigenvalue weighted by molar-refractivity contribution is 7.16. The molecule has 1 aromatic carbocycles. The Balaban J connectivity index is 1.40. The van der Waals surface area contributed by atoms with Crippen LogP contribution in [0.15, 0.2) is 35.1 Å². The summed E-state index contributed by atoms with van der Waals surface area (Å²) >= 11 is 1.44. The quantitative estimate of drug-likeness (QED) is 0.534.